The number of halogens is 1. The van der Waals surface area contributed by atoms with Crippen LogP contribution in [-0.4, -0.2) is 4.98 Å². The lowest BCUT2D eigenvalue weighted by Crippen LogP contribution is -1.95. The molecule has 1 aromatic carbocycles. The second-order valence-corrected chi connectivity index (χ2v) is 6.19. The Kier molecular flexibility index (Phi) is 7.66. The first kappa shape index (κ1) is 17.4. The quantitative estimate of drug-likeness (QED) is 0.743. The molecule has 1 nitrogen and oxygen atoms in total. The first-order valence-electron chi connectivity index (χ1n) is 7.60. The summed E-state index contributed by atoms with van der Waals surface area (Å²) >= 11 is 0. The molecule has 2 aromatic rings. The fourth-order valence-corrected chi connectivity index (χ4v) is 2.12. The van der Waals surface area contributed by atoms with Crippen LogP contribution in [0.15, 0.2) is 48.8 Å². The van der Waals surface area contributed by atoms with Gasteiger partial charge >= 0.3 is 0 Å². The summed E-state index contributed by atoms with van der Waals surface area (Å²) in [5.74, 6) is 1.07. The Bertz CT molecular complexity index is 506. The predicted octanol–water partition coefficient (Wildman–Crippen LogP) is 5.30. The Morgan fingerprint density at radius 1 is 0.857 bits per heavy atom. The van der Waals surface area contributed by atoms with Crippen LogP contribution in [0, 0.1) is 17.7 Å². The van der Waals surface area contributed by atoms with Crippen LogP contribution in [0.3, 0.4) is 0 Å². The van der Waals surface area contributed by atoms with E-state index in [1.165, 1.54) is 24.2 Å². The van der Waals surface area contributed by atoms with Crippen molar-refractivity contribution in [2.45, 2.75) is 40.5 Å². The van der Waals surface area contributed by atoms with E-state index in [2.05, 4.69) is 63.0 Å². The van der Waals surface area contributed by atoms with Crippen LogP contribution in [0.5, 0.6) is 0 Å². The third-order valence-corrected chi connectivity index (χ3v) is 2.89. The molecule has 2 heteroatoms. The van der Waals surface area contributed by atoms with Crippen molar-refractivity contribution < 1.29 is 4.39 Å². The van der Waals surface area contributed by atoms with Gasteiger partial charge in [-0.3, -0.25) is 4.98 Å². The van der Waals surface area contributed by atoms with Gasteiger partial charge in [0.05, 0.1) is 6.20 Å². The van der Waals surface area contributed by atoms with Gasteiger partial charge < -0.3 is 0 Å². The molecule has 0 N–H and O–H groups in total. The summed E-state index contributed by atoms with van der Waals surface area (Å²) in [7, 11) is 0. The molecule has 114 valence electrons. The van der Waals surface area contributed by atoms with E-state index in [9.17, 15) is 4.39 Å². The van der Waals surface area contributed by atoms with Crippen LogP contribution in [0.1, 0.15) is 38.8 Å². The summed E-state index contributed by atoms with van der Waals surface area (Å²) in [6.07, 6.45) is 5.03. The molecule has 0 saturated carbocycles. The molecule has 0 atom stereocenters. The van der Waals surface area contributed by atoms with E-state index in [0.717, 1.165) is 17.9 Å². The Morgan fingerprint density at radius 3 is 1.95 bits per heavy atom. The van der Waals surface area contributed by atoms with Crippen LogP contribution >= 0.6 is 0 Å². The highest BCUT2D eigenvalue weighted by Crippen LogP contribution is 2.07. The molecule has 0 unspecified atom stereocenters. The second kappa shape index (κ2) is 9.28. The molecule has 0 spiro atoms. The molecule has 0 amide bonds. The van der Waals surface area contributed by atoms with Crippen LogP contribution in [0.25, 0.3) is 0 Å². The summed E-state index contributed by atoms with van der Waals surface area (Å²) in [4.78, 5) is 3.76. The highest BCUT2D eigenvalue weighted by atomic mass is 19.1. The summed E-state index contributed by atoms with van der Waals surface area (Å²) in [5.41, 5.74) is 2.41. The lowest BCUT2D eigenvalue weighted by molar-refractivity contribution is 0.605. The van der Waals surface area contributed by atoms with Gasteiger partial charge in [-0.25, -0.2) is 4.39 Å². The number of benzene rings is 1. The van der Waals surface area contributed by atoms with Gasteiger partial charge in [0.2, 0.25) is 0 Å². The summed E-state index contributed by atoms with van der Waals surface area (Å²) in [6.45, 7) is 8.69. The van der Waals surface area contributed by atoms with Crippen molar-refractivity contribution in [2.75, 3.05) is 0 Å². The minimum Gasteiger partial charge on any atom is -0.261 e. The SMILES string of the molecule is CC(C)Cc1ccccc1.CC(C)Cc1cncc(F)c1. The van der Waals surface area contributed by atoms with E-state index in [-0.39, 0.29) is 5.82 Å². The van der Waals surface area contributed by atoms with Crippen LogP contribution < -0.4 is 0 Å². The van der Waals surface area contributed by atoms with Crippen molar-refractivity contribution in [1.82, 2.24) is 4.98 Å². The minimum absolute atomic E-state index is 0.247. The molecule has 0 aliphatic rings. The normalized spacial score (nSPS) is 10.4. The third-order valence-electron chi connectivity index (χ3n) is 2.89. The van der Waals surface area contributed by atoms with Crippen molar-refractivity contribution in [3.05, 3.63) is 65.7 Å². The fourth-order valence-electron chi connectivity index (χ4n) is 2.12. The molecule has 2 rings (SSSR count). The van der Waals surface area contributed by atoms with E-state index in [4.69, 9.17) is 0 Å². The number of nitrogens with zero attached hydrogens (tertiary/aromatic N) is 1. The lowest BCUT2D eigenvalue weighted by Gasteiger charge is -2.02. The van der Waals surface area contributed by atoms with E-state index >= 15 is 0 Å². The van der Waals surface area contributed by atoms with Gasteiger partial charge in [0.25, 0.3) is 0 Å². The first-order valence-corrected chi connectivity index (χ1v) is 7.60. The van der Waals surface area contributed by atoms with Gasteiger partial charge in [0, 0.05) is 6.20 Å². The van der Waals surface area contributed by atoms with Crippen LogP contribution in [-0.2, 0) is 12.8 Å². The van der Waals surface area contributed by atoms with E-state index in [1.807, 2.05) is 0 Å². The van der Waals surface area contributed by atoms with Gasteiger partial charge in [-0.1, -0.05) is 58.0 Å². The molecule has 0 radical (unpaired) electrons. The zero-order valence-corrected chi connectivity index (χ0v) is 13.5. The number of pyridine rings is 1. The average molecular weight is 287 g/mol. The zero-order chi connectivity index (χ0) is 15.7. The highest BCUT2D eigenvalue weighted by Gasteiger charge is 1.98. The first-order chi connectivity index (χ1) is 9.97. The summed E-state index contributed by atoms with van der Waals surface area (Å²) in [5, 5.41) is 0. The topological polar surface area (TPSA) is 12.9 Å². The molecule has 0 fully saturated rings. The van der Waals surface area contributed by atoms with Gasteiger partial charge in [0.15, 0.2) is 0 Å². The van der Waals surface area contributed by atoms with Crippen molar-refractivity contribution in [2.24, 2.45) is 11.8 Å². The fraction of sp³-hybridized carbons (Fsp3) is 0.421. The van der Waals surface area contributed by atoms with Crippen LogP contribution in [0.2, 0.25) is 0 Å². The number of hydrogen-bond acceptors (Lipinski definition) is 1. The molecule has 0 saturated heterocycles. The minimum atomic E-state index is -0.247. The Labute approximate surface area is 128 Å². The largest absolute Gasteiger partial charge is 0.261 e. The number of aromatic nitrogens is 1. The maximum Gasteiger partial charge on any atom is 0.141 e. The molecule has 0 aliphatic heterocycles. The standard InChI is InChI=1S/C10H14.C9H12FN/c1-9(2)8-10-6-4-3-5-7-10;1-7(2)3-8-4-9(10)6-11-5-8/h3-7,9H,8H2,1-2H3;4-7H,3H2,1-2H3. The molecular formula is C19H26FN. The predicted molar refractivity (Wildman–Crippen MR) is 87.7 cm³/mol. The third kappa shape index (κ3) is 8.23. The van der Waals surface area contributed by atoms with Gasteiger partial charge in [-0.05, 0) is 41.9 Å². The van der Waals surface area contributed by atoms with E-state index in [1.54, 1.807) is 6.20 Å². The smallest absolute Gasteiger partial charge is 0.141 e. The Balaban J connectivity index is 0.000000211. The molecule has 1 heterocycles. The van der Waals surface area contributed by atoms with E-state index in [0.29, 0.717) is 5.92 Å². The molecular weight excluding hydrogens is 261 g/mol. The number of hydrogen-bond donors (Lipinski definition) is 0. The Morgan fingerprint density at radius 2 is 1.43 bits per heavy atom. The van der Waals surface area contributed by atoms with Gasteiger partial charge in [0.1, 0.15) is 5.82 Å². The summed E-state index contributed by atoms with van der Waals surface area (Å²) < 4.78 is 12.6. The molecule has 21 heavy (non-hydrogen) atoms. The van der Waals surface area contributed by atoms with Gasteiger partial charge in [-0.15, -0.1) is 0 Å². The lowest BCUT2D eigenvalue weighted by atomic mass is 10.0. The second-order valence-electron chi connectivity index (χ2n) is 6.19. The van der Waals surface area contributed by atoms with Crippen molar-refractivity contribution in [1.29, 1.82) is 0 Å². The maximum atomic E-state index is 12.6. The summed E-state index contributed by atoms with van der Waals surface area (Å²) in [6, 6.07) is 12.1. The van der Waals surface area contributed by atoms with Gasteiger partial charge in [-0.2, -0.15) is 0 Å². The Hall–Kier alpha value is -1.70. The number of rotatable bonds is 4. The highest BCUT2D eigenvalue weighted by molar-refractivity contribution is 5.14. The van der Waals surface area contributed by atoms with Crippen LogP contribution in [0.4, 0.5) is 4.39 Å². The van der Waals surface area contributed by atoms with Crippen molar-refractivity contribution in [3.8, 4) is 0 Å². The average Bonchev–Trinajstić information content (AvgIpc) is 2.39. The zero-order valence-electron chi connectivity index (χ0n) is 13.5. The monoisotopic (exact) mass is 287 g/mol. The van der Waals surface area contributed by atoms with E-state index < -0.39 is 0 Å². The molecule has 0 bridgehead atoms. The van der Waals surface area contributed by atoms with Crippen molar-refractivity contribution in [3.63, 3.8) is 0 Å². The van der Waals surface area contributed by atoms with Crippen molar-refractivity contribution >= 4 is 0 Å². The maximum absolute atomic E-state index is 12.6. The molecule has 0 aliphatic carbocycles. The molecule has 1 aromatic heterocycles.